The van der Waals surface area contributed by atoms with Gasteiger partial charge in [0.25, 0.3) is 0 Å². The monoisotopic (exact) mass is 366 g/mol. The van der Waals surface area contributed by atoms with Crippen molar-refractivity contribution >= 4 is 23.5 Å². The molecule has 2 unspecified atom stereocenters. The summed E-state index contributed by atoms with van der Waals surface area (Å²) >= 11 is 0. The number of aromatic hydroxyl groups is 1. The van der Waals surface area contributed by atoms with E-state index in [4.69, 9.17) is 11.5 Å². The molecule has 142 valence electrons. The summed E-state index contributed by atoms with van der Waals surface area (Å²) in [5.74, 6) is 1.01. The molecule has 1 aromatic carbocycles. The first-order valence-electron chi connectivity index (χ1n) is 9.06. The van der Waals surface area contributed by atoms with Crippen molar-refractivity contribution < 1.29 is 9.90 Å². The van der Waals surface area contributed by atoms with Crippen LogP contribution in [0.4, 0.5) is 5.82 Å². The number of amides is 1. The Hall–Kier alpha value is -3.15. The van der Waals surface area contributed by atoms with Crippen molar-refractivity contribution in [2.45, 2.75) is 25.8 Å². The molecule has 3 rings (SSSR count). The maximum Gasteiger partial charge on any atom is 0.246 e. The number of nitrogens with two attached hydrogens (primary N) is 2. The summed E-state index contributed by atoms with van der Waals surface area (Å²) in [5, 5.41) is 9.95. The first-order chi connectivity index (χ1) is 12.9. The summed E-state index contributed by atoms with van der Waals surface area (Å²) in [6, 6.07) is 8.96. The zero-order chi connectivity index (χ0) is 19.6. The lowest BCUT2D eigenvalue weighted by Crippen LogP contribution is -2.37. The van der Waals surface area contributed by atoms with E-state index < -0.39 is 0 Å². The zero-order valence-electron chi connectivity index (χ0n) is 15.5. The van der Waals surface area contributed by atoms with Crippen molar-refractivity contribution in [1.29, 1.82) is 0 Å². The number of nitrogen functional groups attached to an aromatic ring is 1. The van der Waals surface area contributed by atoms with Crippen LogP contribution in [0.25, 0.3) is 11.8 Å². The number of hydrogen-bond acceptors (Lipinski definition) is 4. The predicted molar refractivity (Wildman–Crippen MR) is 109 cm³/mol. The van der Waals surface area contributed by atoms with Crippen molar-refractivity contribution in [2.75, 3.05) is 12.3 Å². The van der Waals surface area contributed by atoms with Gasteiger partial charge in [0.15, 0.2) is 0 Å². The van der Waals surface area contributed by atoms with Gasteiger partial charge in [-0.1, -0.05) is 25.6 Å². The quantitative estimate of drug-likeness (QED) is 0.610. The number of phenols is 1. The number of rotatable bonds is 5. The number of carbonyl (C=O) groups excluding carboxylic acids is 1. The summed E-state index contributed by atoms with van der Waals surface area (Å²) < 4.78 is 0. The number of H-pyrrole nitrogens is 1. The fourth-order valence-electron chi connectivity index (χ4n) is 3.67. The number of anilines is 1. The fraction of sp³-hybridized carbons (Fsp3) is 0.286. The number of nitrogens with zero attached hydrogens (tertiary/aromatic N) is 1. The summed E-state index contributed by atoms with van der Waals surface area (Å²) in [6.07, 6.45) is 4.78. The van der Waals surface area contributed by atoms with E-state index in [1.54, 1.807) is 24.3 Å². The highest BCUT2D eigenvalue weighted by Gasteiger charge is 2.33. The van der Waals surface area contributed by atoms with Crippen LogP contribution in [0, 0.1) is 5.92 Å². The average molecular weight is 366 g/mol. The number of para-hydroxylation sites is 1. The molecule has 2 heterocycles. The summed E-state index contributed by atoms with van der Waals surface area (Å²) in [6.45, 7) is 6.50. The number of aromatic amines is 1. The maximum atomic E-state index is 12.1. The molecule has 2 aromatic rings. The molecule has 1 saturated heterocycles. The second kappa shape index (κ2) is 7.61. The number of carbonyl (C=O) groups is 1. The second-order valence-electron chi connectivity index (χ2n) is 7.05. The van der Waals surface area contributed by atoms with Crippen molar-refractivity contribution in [3.8, 4) is 5.75 Å². The highest BCUT2D eigenvalue weighted by Crippen LogP contribution is 2.29. The Balaban J connectivity index is 1.82. The molecule has 1 fully saturated rings. The number of likely N-dealkylation sites (tertiary alicyclic amines) is 1. The van der Waals surface area contributed by atoms with Gasteiger partial charge in [-0.15, -0.1) is 0 Å². The lowest BCUT2D eigenvalue weighted by molar-refractivity contribution is -0.127. The average Bonchev–Trinajstić information content (AvgIpc) is 3.18. The van der Waals surface area contributed by atoms with Crippen LogP contribution in [0.5, 0.6) is 5.75 Å². The van der Waals surface area contributed by atoms with Crippen LogP contribution in [0.3, 0.4) is 0 Å². The molecule has 1 aromatic heterocycles. The van der Waals surface area contributed by atoms with Crippen LogP contribution in [-0.2, 0) is 11.2 Å². The van der Waals surface area contributed by atoms with E-state index in [-0.39, 0.29) is 17.7 Å². The third kappa shape index (κ3) is 3.84. The van der Waals surface area contributed by atoms with Crippen molar-refractivity contribution in [3.63, 3.8) is 0 Å². The largest absolute Gasteiger partial charge is 0.507 e. The summed E-state index contributed by atoms with van der Waals surface area (Å²) in [4.78, 5) is 17.2. The SMILES string of the molecule is C=CC(=O)N1CCC(C)C1Cc1cc(/C=C(\N)c2ccccc2O)c(N)[nH]1. The van der Waals surface area contributed by atoms with Gasteiger partial charge in [0.2, 0.25) is 5.91 Å². The van der Waals surface area contributed by atoms with E-state index in [9.17, 15) is 9.90 Å². The summed E-state index contributed by atoms with van der Waals surface area (Å²) in [5.41, 5.74) is 15.0. The molecule has 1 aliphatic rings. The number of phenolic OH excluding ortho intramolecular Hbond substituents is 1. The van der Waals surface area contributed by atoms with E-state index in [1.807, 2.05) is 17.0 Å². The van der Waals surface area contributed by atoms with Gasteiger partial charge < -0.3 is 26.5 Å². The first kappa shape index (κ1) is 18.6. The van der Waals surface area contributed by atoms with Crippen LogP contribution in [-0.4, -0.2) is 33.5 Å². The lowest BCUT2D eigenvalue weighted by Gasteiger charge is -2.25. The lowest BCUT2D eigenvalue weighted by atomic mass is 9.98. The summed E-state index contributed by atoms with van der Waals surface area (Å²) in [7, 11) is 0. The Morgan fingerprint density at radius 3 is 2.89 bits per heavy atom. The Kier molecular flexibility index (Phi) is 5.26. The minimum Gasteiger partial charge on any atom is -0.507 e. The van der Waals surface area contributed by atoms with Gasteiger partial charge in [0.1, 0.15) is 11.6 Å². The molecule has 0 saturated carbocycles. The molecular formula is C21H26N4O2. The van der Waals surface area contributed by atoms with Crippen molar-refractivity contribution in [3.05, 3.63) is 59.8 Å². The van der Waals surface area contributed by atoms with E-state index in [0.717, 1.165) is 24.2 Å². The van der Waals surface area contributed by atoms with E-state index in [2.05, 4.69) is 18.5 Å². The topological polar surface area (TPSA) is 108 Å². The van der Waals surface area contributed by atoms with E-state index in [1.165, 1.54) is 6.08 Å². The molecule has 0 radical (unpaired) electrons. The van der Waals surface area contributed by atoms with E-state index in [0.29, 0.717) is 29.4 Å². The molecule has 0 aliphatic carbocycles. The normalized spacial score (nSPS) is 20.0. The van der Waals surface area contributed by atoms with Gasteiger partial charge in [-0.25, -0.2) is 0 Å². The third-order valence-electron chi connectivity index (χ3n) is 5.23. The molecule has 0 bridgehead atoms. The van der Waals surface area contributed by atoms with Crippen LogP contribution in [0.1, 0.15) is 30.2 Å². The number of aromatic nitrogens is 1. The highest BCUT2D eigenvalue weighted by molar-refractivity contribution is 5.87. The maximum absolute atomic E-state index is 12.1. The van der Waals surface area contributed by atoms with Crippen LogP contribution in [0.2, 0.25) is 0 Å². The minimum absolute atomic E-state index is 0.0344. The molecule has 27 heavy (non-hydrogen) atoms. The molecular weight excluding hydrogens is 340 g/mol. The predicted octanol–water partition coefficient (Wildman–Crippen LogP) is 2.72. The van der Waals surface area contributed by atoms with Crippen molar-refractivity contribution in [2.24, 2.45) is 11.7 Å². The highest BCUT2D eigenvalue weighted by atomic mass is 16.3. The number of nitrogens with one attached hydrogen (secondary N) is 1. The molecule has 2 atom stereocenters. The molecule has 0 spiro atoms. The number of hydrogen-bond donors (Lipinski definition) is 4. The van der Waals surface area contributed by atoms with Gasteiger partial charge in [0, 0.05) is 41.5 Å². The van der Waals surface area contributed by atoms with Gasteiger partial charge in [-0.2, -0.15) is 0 Å². The zero-order valence-corrected chi connectivity index (χ0v) is 15.5. The molecule has 6 N–H and O–H groups in total. The van der Waals surface area contributed by atoms with Crippen LogP contribution >= 0.6 is 0 Å². The van der Waals surface area contributed by atoms with Gasteiger partial charge in [-0.3, -0.25) is 4.79 Å². The fourth-order valence-corrected chi connectivity index (χ4v) is 3.67. The molecule has 1 amide bonds. The van der Waals surface area contributed by atoms with Crippen molar-refractivity contribution in [1.82, 2.24) is 9.88 Å². The Bertz CT molecular complexity index is 884. The first-order valence-corrected chi connectivity index (χ1v) is 9.06. The smallest absolute Gasteiger partial charge is 0.246 e. The Labute approximate surface area is 159 Å². The van der Waals surface area contributed by atoms with E-state index >= 15 is 0 Å². The van der Waals surface area contributed by atoms with Gasteiger partial charge in [-0.05, 0) is 42.7 Å². The Morgan fingerprint density at radius 1 is 1.44 bits per heavy atom. The van der Waals surface area contributed by atoms with Crippen LogP contribution in [0.15, 0.2) is 43.0 Å². The molecule has 1 aliphatic heterocycles. The van der Waals surface area contributed by atoms with Gasteiger partial charge >= 0.3 is 0 Å². The van der Waals surface area contributed by atoms with Gasteiger partial charge in [0.05, 0.1) is 0 Å². The molecule has 6 nitrogen and oxygen atoms in total. The van der Waals surface area contributed by atoms with Crippen LogP contribution < -0.4 is 11.5 Å². The minimum atomic E-state index is -0.0344. The second-order valence-corrected chi connectivity index (χ2v) is 7.05. The number of benzene rings is 1. The molecule has 6 heteroatoms. The third-order valence-corrected chi connectivity index (χ3v) is 5.23. The standard InChI is InChI=1S/C21H26N4O2/c1-3-20(27)25-9-8-13(2)18(25)12-15-10-14(21(23)24-15)11-17(22)16-6-4-5-7-19(16)26/h3-7,10-11,13,18,24,26H,1,8-9,12,22-23H2,2H3/b17-11-. The Morgan fingerprint density at radius 2 is 2.19 bits per heavy atom.